The summed E-state index contributed by atoms with van der Waals surface area (Å²) in [5, 5.41) is 2.60. The van der Waals surface area contributed by atoms with E-state index in [0.29, 0.717) is 10.6 Å². The maximum absolute atomic E-state index is 8.16. The van der Waals surface area contributed by atoms with Crippen LogP contribution in [-0.4, -0.2) is 0 Å². The standard InChI is InChI=1S/C22H15Cl/c23-22-8-4-7-17(15-22)19-11-12-20-13-18(9-10-21(20)14-19)16-5-2-1-3-6-16/h1-15H/i1D,2D,3D,5D,6D. The van der Waals surface area contributed by atoms with E-state index in [2.05, 4.69) is 0 Å². The molecule has 110 valence electrons. The Morgan fingerprint density at radius 1 is 0.609 bits per heavy atom. The highest BCUT2D eigenvalue weighted by Gasteiger charge is 2.03. The number of fused-ring (bicyclic) bond motifs is 1. The average Bonchev–Trinajstić information content (AvgIpc) is 2.70. The number of hydrogen-bond acceptors (Lipinski definition) is 0. The van der Waals surface area contributed by atoms with Gasteiger partial charge in [-0.05, 0) is 57.3 Å². The van der Waals surface area contributed by atoms with Crippen LogP contribution >= 0.6 is 11.6 Å². The van der Waals surface area contributed by atoms with Gasteiger partial charge in [-0.1, -0.05) is 78.2 Å². The summed E-state index contributed by atoms with van der Waals surface area (Å²) in [7, 11) is 0. The second kappa shape index (κ2) is 5.91. The second-order valence-electron chi connectivity index (χ2n) is 5.29. The quantitative estimate of drug-likeness (QED) is 0.380. The molecule has 0 amide bonds. The maximum atomic E-state index is 8.16. The first-order chi connectivity index (χ1) is 13.4. The van der Waals surface area contributed by atoms with Crippen LogP contribution in [0.1, 0.15) is 6.85 Å². The second-order valence-corrected chi connectivity index (χ2v) is 5.72. The Morgan fingerprint density at radius 3 is 1.87 bits per heavy atom. The molecule has 4 aromatic rings. The lowest BCUT2D eigenvalue weighted by Crippen LogP contribution is -1.81. The highest BCUT2D eigenvalue weighted by atomic mass is 35.5. The zero-order valence-corrected chi connectivity index (χ0v) is 12.9. The lowest BCUT2D eigenvalue weighted by Gasteiger charge is -2.07. The van der Waals surface area contributed by atoms with Gasteiger partial charge in [-0.3, -0.25) is 0 Å². The maximum Gasteiger partial charge on any atom is 0.0629 e. The largest absolute Gasteiger partial charge is 0.0843 e. The monoisotopic (exact) mass is 319 g/mol. The molecular formula is C22H15Cl. The van der Waals surface area contributed by atoms with Crippen LogP contribution in [0.3, 0.4) is 0 Å². The third-order valence-electron chi connectivity index (χ3n) is 3.79. The zero-order chi connectivity index (χ0) is 20.0. The number of benzene rings is 4. The SMILES string of the molecule is [2H]c1c([2H])c([2H])c(-c2ccc3cc(-c4cccc(Cl)c4)ccc3c2)c([2H])c1[2H]. The van der Waals surface area contributed by atoms with Crippen molar-refractivity contribution in [1.82, 2.24) is 0 Å². The Kier molecular flexibility index (Phi) is 2.45. The predicted molar refractivity (Wildman–Crippen MR) is 99.8 cm³/mol. The summed E-state index contributed by atoms with van der Waals surface area (Å²) in [5.41, 5.74) is 2.86. The molecule has 0 N–H and O–H groups in total. The molecule has 0 bridgehead atoms. The van der Waals surface area contributed by atoms with Crippen LogP contribution in [-0.2, 0) is 0 Å². The molecule has 0 unspecified atom stereocenters. The first-order valence-corrected chi connectivity index (χ1v) is 7.61. The highest BCUT2D eigenvalue weighted by molar-refractivity contribution is 6.30. The molecular weight excluding hydrogens is 300 g/mol. The molecule has 23 heavy (non-hydrogen) atoms. The highest BCUT2D eigenvalue weighted by Crippen LogP contribution is 2.29. The minimum absolute atomic E-state index is 0.194. The summed E-state index contributed by atoms with van der Waals surface area (Å²) in [6.45, 7) is 0. The molecule has 0 saturated carbocycles. The van der Waals surface area contributed by atoms with E-state index in [1.165, 1.54) is 0 Å². The lowest BCUT2D eigenvalue weighted by atomic mass is 9.98. The molecule has 0 nitrogen and oxygen atoms in total. The van der Waals surface area contributed by atoms with Crippen molar-refractivity contribution in [2.45, 2.75) is 0 Å². The summed E-state index contributed by atoms with van der Waals surface area (Å²) >= 11 is 6.09. The van der Waals surface area contributed by atoms with Crippen molar-refractivity contribution in [2.75, 3.05) is 0 Å². The van der Waals surface area contributed by atoms with Crippen LogP contribution in [0.4, 0.5) is 0 Å². The van der Waals surface area contributed by atoms with Gasteiger partial charge >= 0.3 is 0 Å². The van der Waals surface area contributed by atoms with Gasteiger partial charge in [0.1, 0.15) is 0 Å². The van der Waals surface area contributed by atoms with Gasteiger partial charge in [0, 0.05) is 5.02 Å². The van der Waals surface area contributed by atoms with Gasteiger partial charge in [0.05, 0.1) is 6.85 Å². The van der Waals surface area contributed by atoms with Gasteiger partial charge in [-0.15, -0.1) is 0 Å². The van der Waals surface area contributed by atoms with E-state index in [0.717, 1.165) is 21.9 Å². The smallest absolute Gasteiger partial charge is 0.0629 e. The van der Waals surface area contributed by atoms with Crippen molar-refractivity contribution in [3.63, 3.8) is 0 Å². The summed E-state index contributed by atoms with van der Waals surface area (Å²) in [5.74, 6) is 0. The van der Waals surface area contributed by atoms with E-state index in [-0.39, 0.29) is 35.8 Å². The van der Waals surface area contributed by atoms with Gasteiger partial charge in [-0.25, -0.2) is 0 Å². The Morgan fingerprint density at radius 2 is 1.22 bits per heavy atom. The lowest BCUT2D eigenvalue weighted by molar-refractivity contribution is 1.62. The van der Waals surface area contributed by atoms with Crippen molar-refractivity contribution in [2.24, 2.45) is 0 Å². The molecule has 0 aliphatic carbocycles. The molecule has 4 aromatic carbocycles. The third kappa shape index (κ3) is 2.86. The fourth-order valence-electron chi connectivity index (χ4n) is 2.64. The van der Waals surface area contributed by atoms with Gasteiger partial charge in [-0.2, -0.15) is 0 Å². The summed E-state index contributed by atoms with van der Waals surface area (Å²) in [6, 6.07) is 17.8. The summed E-state index contributed by atoms with van der Waals surface area (Å²) in [4.78, 5) is 0. The van der Waals surface area contributed by atoms with Crippen molar-refractivity contribution in [3.8, 4) is 22.3 Å². The molecule has 0 saturated heterocycles. The van der Waals surface area contributed by atoms with Crippen molar-refractivity contribution >= 4 is 22.4 Å². The average molecular weight is 320 g/mol. The van der Waals surface area contributed by atoms with E-state index >= 15 is 0 Å². The fourth-order valence-corrected chi connectivity index (χ4v) is 2.83. The molecule has 0 aromatic heterocycles. The van der Waals surface area contributed by atoms with E-state index in [1.54, 1.807) is 6.07 Å². The van der Waals surface area contributed by atoms with Crippen molar-refractivity contribution in [3.05, 3.63) is 95.9 Å². The molecule has 0 spiro atoms. The minimum atomic E-state index is -0.384. The normalized spacial score (nSPS) is 13.9. The molecule has 4 rings (SSSR count). The Bertz CT molecular complexity index is 1200. The molecule has 0 aliphatic heterocycles. The first kappa shape index (κ1) is 9.54. The Labute approximate surface area is 148 Å². The van der Waals surface area contributed by atoms with E-state index in [9.17, 15) is 0 Å². The minimum Gasteiger partial charge on any atom is -0.0843 e. The van der Waals surface area contributed by atoms with Crippen LogP contribution in [0, 0.1) is 0 Å². The molecule has 1 heteroatoms. The molecule has 0 fully saturated rings. The van der Waals surface area contributed by atoms with Crippen LogP contribution in [0.5, 0.6) is 0 Å². The zero-order valence-electron chi connectivity index (χ0n) is 17.2. The molecule has 0 aliphatic rings. The summed E-state index contributed by atoms with van der Waals surface area (Å²) < 4.78 is 39.8. The fraction of sp³-hybridized carbons (Fsp3) is 0. The number of rotatable bonds is 2. The molecule has 0 atom stereocenters. The number of halogens is 1. The molecule has 0 heterocycles. The van der Waals surface area contributed by atoms with Crippen molar-refractivity contribution in [1.29, 1.82) is 0 Å². The molecule has 0 radical (unpaired) electrons. The van der Waals surface area contributed by atoms with Crippen LogP contribution in [0.2, 0.25) is 5.02 Å². The first-order valence-electron chi connectivity index (χ1n) is 9.74. The van der Waals surface area contributed by atoms with Crippen LogP contribution < -0.4 is 0 Å². The Hall–Kier alpha value is -2.57. The van der Waals surface area contributed by atoms with E-state index in [1.807, 2.05) is 54.6 Å². The van der Waals surface area contributed by atoms with Gasteiger partial charge in [0.25, 0.3) is 0 Å². The van der Waals surface area contributed by atoms with E-state index in [4.69, 9.17) is 18.5 Å². The van der Waals surface area contributed by atoms with E-state index < -0.39 is 0 Å². The van der Waals surface area contributed by atoms with Gasteiger partial charge in [0.15, 0.2) is 0 Å². The van der Waals surface area contributed by atoms with Crippen LogP contribution in [0.15, 0.2) is 90.9 Å². The van der Waals surface area contributed by atoms with Crippen LogP contribution in [0.25, 0.3) is 33.0 Å². The van der Waals surface area contributed by atoms with Crippen molar-refractivity contribution < 1.29 is 6.85 Å². The Balaban J connectivity index is 1.85. The predicted octanol–water partition coefficient (Wildman–Crippen LogP) is 6.83. The third-order valence-corrected chi connectivity index (χ3v) is 4.02. The topological polar surface area (TPSA) is 0 Å². The van der Waals surface area contributed by atoms with Gasteiger partial charge in [0.2, 0.25) is 0 Å². The number of hydrogen-bond donors (Lipinski definition) is 0. The summed E-state index contributed by atoms with van der Waals surface area (Å²) in [6.07, 6.45) is 0. The van der Waals surface area contributed by atoms with Gasteiger partial charge < -0.3 is 0 Å².